The maximum Gasteiger partial charge on any atom is 0.273 e. The molecular weight excluding hydrogens is 443 g/mol. The average Bonchev–Trinajstić information content (AvgIpc) is 3.53. The van der Waals surface area contributed by atoms with Crippen molar-refractivity contribution in [1.82, 2.24) is 20.2 Å². The Kier molecular flexibility index (Phi) is 8.16. The first-order valence-corrected chi connectivity index (χ1v) is 12.4. The summed E-state index contributed by atoms with van der Waals surface area (Å²) in [5, 5.41) is 9.34. The van der Waals surface area contributed by atoms with Crippen molar-refractivity contribution in [3.63, 3.8) is 0 Å². The van der Waals surface area contributed by atoms with E-state index in [4.69, 9.17) is 11.6 Å². The highest BCUT2D eigenvalue weighted by Crippen LogP contribution is 2.50. The van der Waals surface area contributed by atoms with Gasteiger partial charge in [-0.15, -0.1) is 0 Å². The summed E-state index contributed by atoms with van der Waals surface area (Å²) in [6.45, 7) is 5.26. The molecule has 2 N–H and O–H groups in total. The van der Waals surface area contributed by atoms with Crippen LogP contribution in [0.4, 0.5) is 0 Å². The van der Waals surface area contributed by atoms with E-state index in [1.807, 2.05) is 42.0 Å². The van der Waals surface area contributed by atoms with Crippen LogP contribution >= 0.6 is 19.7 Å². The Morgan fingerprint density at radius 3 is 2.50 bits per heavy atom. The van der Waals surface area contributed by atoms with Gasteiger partial charge in [0.25, 0.3) is 5.91 Å². The van der Waals surface area contributed by atoms with Gasteiger partial charge in [-0.05, 0) is 36.6 Å². The maximum absolute atomic E-state index is 13.4. The molecule has 0 radical (unpaired) electrons. The van der Waals surface area contributed by atoms with Crippen LogP contribution in [0, 0.1) is 6.92 Å². The number of benzene rings is 2. The zero-order valence-corrected chi connectivity index (χ0v) is 20.6. The van der Waals surface area contributed by atoms with Gasteiger partial charge in [0.2, 0.25) is 6.41 Å². The van der Waals surface area contributed by atoms with E-state index in [0.29, 0.717) is 36.0 Å². The molecule has 2 aromatic rings. The molecule has 1 aliphatic heterocycles. The van der Waals surface area contributed by atoms with Gasteiger partial charge in [-0.3, -0.25) is 9.59 Å². The standard InChI is InChI=1S/C24H30ClN4O2P/c1-5-6-14-28(3)24(31)21(26-15-18-10-12-19(25)13-11-18)23(27-16-30)29(4)32-20-9-7-8-17(2)22(20)32/h7-13,16,26H,5-6,14-15H2,1-4H3,(H,27,30)/b23-21-. The number of carbonyl (C=O) groups excluding carboxylic acids is 2. The molecular formula is C24H30ClN4O2P. The van der Waals surface area contributed by atoms with Gasteiger partial charge in [0.05, 0.1) is 8.07 Å². The molecule has 32 heavy (non-hydrogen) atoms. The van der Waals surface area contributed by atoms with Crippen molar-refractivity contribution in [3.05, 3.63) is 70.1 Å². The summed E-state index contributed by atoms with van der Waals surface area (Å²) >= 11 is 6.00. The number of fused-ring (bicyclic) bond motifs is 1. The van der Waals surface area contributed by atoms with Gasteiger partial charge in [-0.1, -0.05) is 55.3 Å². The first-order valence-electron chi connectivity index (χ1n) is 10.7. The molecule has 1 heterocycles. The molecule has 0 spiro atoms. The van der Waals surface area contributed by atoms with Crippen molar-refractivity contribution in [3.8, 4) is 0 Å². The molecule has 170 valence electrons. The monoisotopic (exact) mass is 472 g/mol. The van der Waals surface area contributed by atoms with E-state index < -0.39 is 8.07 Å². The molecule has 0 saturated carbocycles. The Hall–Kier alpha value is -2.56. The fourth-order valence-corrected chi connectivity index (χ4v) is 6.05. The van der Waals surface area contributed by atoms with Crippen molar-refractivity contribution in [2.75, 3.05) is 20.6 Å². The lowest BCUT2D eigenvalue weighted by atomic mass is 10.2. The van der Waals surface area contributed by atoms with Gasteiger partial charge < -0.3 is 20.2 Å². The van der Waals surface area contributed by atoms with Crippen molar-refractivity contribution < 1.29 is 9.59 Å². The predicted molar refractivity (Wildman–Crippen MR) is 132 cm³/mol. The third kappa shape index (κ3) is 5.43. The minimum Gasteiger partial charge on any atom is -0.374 e. The molecule has 1 aliphatic rings. The number of likely N-dealkylation sites (N-methyl/N-ethyl adjacent to an activating group) is 1. The van der Waals surface area contributed by atoms with Crippen LogP contribution < -0.4 is 21.2 Å². The van der Waals surface area contributed by atoms with Crippen molar-refractivity contribution in [2.24, 2.45) is 0 Å². The van der Waals surface area contributed by atoms with Crippen LogP contribution in [-0.2, 0) is 16.1 Å². The highest BCUT2D eigenvalue weighted by atomic mass is 35.5. The number of nitrogens with one attached hydrogen (secondary N) is 2. The molecule has 2 aromatic carbocycles. The topological polar surface area (TPSA) is 64.7 Å². The van der Waals surface area contributed by atoms with Crippen molar-refractivity contribution in [2.45, 2.75) is 33.2 Å². The third-order valence-electron chi connectivity index (χ3n) is 5.45. The van der Waals surface area contributed by atoms with Gasteiger partial charge in [0.15, 0.2) is 0 Å². The molecule has 0 aliphatic carbocycles. The SMILES string of the molecule is CCCCN(C)C(=O)/C(NCc1ccc(Cl)cc1)=C(\NC=O)N(C)P1c2cccc(C)c21. The smallest absolute Gasteiger partial charge is 0.273 e. The number of hydrogen-bond donors (Lipinski definition) is 2. The highest BCUT2D eigenvalue weighted by molar-refractivity contribution is 7.82. The van der Waals surface area contributed by atoms with Crippen LogP contribution in [0.3, 0.4) is 0 Å². The summed E-state index contributed by atoms with van der Waals surface area (Å²) in [7, 11) is 3.01. The van der Waals surface area contributed by atoms with Gasteiger partial charge >= 0.3 is 0 Å². The normalized spacial score (nSPS) is 14.7. The van der Waals surface area contributed by atoms with Crippen LogP contribution in [0.1, 0.15) is 30.9 Å². The van der Waals surface area contributed by atoms with E-state index in [0.717, 1.165) is 18.4 Å². The van der Waals surface area contributed by atoms with Crippen LogP contribution in [0.15, 0.2) is 54.0 Å². The van der Waals surface area contributed by atoms with Gasteiger partial charge in [-0.2, -0.15) is 0 Å². The van der Waals surface area contributed by atoms with Gasteiger partial charge in [0, 0.05) is 42.8 Å². The lowest BCUT2D eigenvalue weighted by molar-refractivity contribution is -0.126. The largest absolute Gasteiger partial charge is 0.374 e. The first kappa shape index (κ1) is 24.1. The second-order valence-corrected chi connectivity index (χ2v) is 10.4. The fourth-order valence-electron chi connectivity index (χ4n) is 3.59. The van der Waals surface area contributed by atoms with Crippen LogP contribution in [0.2, 0.25) is 5.02 Å². The van der Waals surface area contributed by atoms with Crippen molar-refractivity contribution in [1.29, 1.82) is 0 Å². The molecule has 0 aromatic heterocycles. The van der Waals surface area contributed by atoms with Crippen LogP contribution in [0.5, 0.6) is 0 Å². The molecule has 1 unspecified atom stereocenters. The summed E-state index contributed by atoms with van der Waals surface area (Å²) in [5.74, 6) is 0.338. The minimum absolute atomic E-state index is 0.152. The molecule has 0 bridgehead atoms. The summed E-state index contributed by atoms with van der Waals surface area (Å²) in [4.78, 5) is 26.7. The fraction of sp³-hybridized carbons (Fsp3) is 0.333. The van der Waals surface area contributed by atoms with E-state index in [-0.39, 0.29) is 5.91 Å². The number of hydrogen-bond acceptors (Lipinski definition) is 4. The van der Waals surface area contributed by atoms with Crippen molar-refractivity contribution >= 4 is 42.6 Å². The summed E-state index contributed by atoms with van der Waals surface area (Å²) < 4.78 is 2.02. The molecule has 3 rings (SSSR count). The molecule has 0 fully saturated rings. The van der Waals surface area contributed by atoms with Crippen LogP contribution in [0.25, 0.3) is 0 Å². The molecule has 8 heteroatoms. The molecule has 0 saturated heterocycles. The van der Waals surface area contributed by atoms with E-state index in [9.17, 15) is 9.59 Å². The third-order valence-corrected chi connectivity index (χ3v) is 8.13. The molecule has 6 nitrogen and oxygen atoms in total. The average molecular weight is 473 g/mol. The van der Waals surface area contributed by atoms with Crippen LogP contribution in [-0.4, -0.2) is 42.5 Å². The first-order chi connectivity index (χ1) is 15.4. The Balaban J connectivity index is 1.93. The van der Waals surface area contributed by atoms with Gasteiger partial charge in [-0.25, -0.2) is 0 Å². The number of amides is 2. The quantitative estimate of drug-likeness (QED) is 0.299. The lowest BCUT2D eigenvalue weighted by Gasteiger charge is -2.27. The summed E-state index contributed by atoms with van der Waals surface area (Å²) in [6.07, 6.45) is 2.54. The zero-order chi connectivity index (χ0) is 23.3. The van der Waals surface area contributed by atoms with Gasteiger partial charge in [0.1, 0.15) is 11.5 Å². The Bertz CT molecular complexity index is 1010. The number of unbranched alkanes of at least 4 members (excludes halogenated alkanes) is 1. The van der Waals surface area contributed by atoms with E-state index >= 15 is 0 Å². The van der Waals surface area contributed by atoms with E-state index in [1.54, 1.807) is 11.9 Å². The number of halogens is 1. The molecule has 1 atom stereocenters. The Morgan fingerprint density at radius 2 is 1.88 bits per heavy atom. The summed E-state index contributed by atoms with van der Waals surface area (Å²) in [5.41, 5.74) is 2.60. The van der Waals surface area contributed by atoms with E-state index in [1.165, 1.54) is 16.2 Å². The lowest BCUT2D eigenvalue weighted by Crippen LogP contribution is -2.39. The number of carbonyl (C=O) groups is 2. The zero-order valence-electron chi connectivity index (χ0n) is 19.0. The Labute approximate surface area is 196 Å². The molecule has 2 amide bonds. The second kappa shape index (κ2) is 10.8. The summed E-state index contributed by atoms with van der Waals surface area (Å²) in [6, 6.07) is 13.7. The Morgan fingerprint density at radius 1 is 1.16 bits per heavy atom. The number of nitrogens with zero attached hydrogens (tertiary/aromatic N) is 2. The maximum atomic E-state index is 13.4. The number of aryl methyl sites for hydroxylation is 1. The van der Waals surface area contributed by atoms with E-state index in [2.05, 4.69) is 36.6 Å². The number of rotatable bonds is 11. The minimum atomic E-state index is -0.719. The highest BCUT2D eigenvalue weighted by Gasteiger charge is 2.40. The second-order valence-electron chi connectivity index (χ2n) is 7.82. The predicted octanol–water partition coefficient (Wildman–Crippen LogP) is 3.20.